The van der Waals surface area contributed by atoms with Gasteiger partial charge in [0.1, 0.15) is 0 Å². The molecule has 0 aliphatic heterocycles. The van der Waals surface area contributed by atoms with Crippen LogP contribution < -0.4 is 5.73 Å². The molecular formula is C9H16N2. The van der Waals surface area contributed by atoms with Crippen molar-refractivity contribution in [2.45, 2.75) is 44.6 Å². The smallest absolute Gasteiger partial charge is 0.0625 e. The topological polar surface area (TPSA) is 49.8 Å². The van der Waals surface area contributed by atoms with E-state index in [4.69, 9.17) is 11.0 Å². The fourth-order valence-electron chi connectivity index (χ4n) is 1.78. The van der Waals surface area contributed by atoms with E-state index in [1.54, 1.807) is 0 Å². The zero-order chi connectivity index (χ0) is 8.10. The standard InChI is InChI=1S/C9H16N2/c10-7-6-8-4-2-1-3-5-9(8)11/h8-9H,1-6,11H2/t8-,9-/m1/s1. The highest BCUT2D eigenvalue weighted by atomic mass is 14.6. The van der Waals surface area contributed by atoms with Gasteiger partial charge in [0.15, 0.2) is 0 Å². The highest BCUT2D eigenvalue weighted by molar-refractivity contribution is 4.84. The van der Waals surface area contributed by atoms with Gasteiger partial charge in [-0.15, -0.1) is 0 Å². The van der Waals surface area contributed by atoms with Crippen LogP contribution in [-0.2, 0) is 0 Å². The molecule has 2 atom stereocenters. The van der Waals surface area contributed by atoms with Crippen molar-refractivity contribution in [3.8, 4) is 6.07 Å². The minimum absolute atomic E-state index is 0.289. The van der Waals surface area contributed by atoms with Crippen LogP contribution in [-0.4, -0.2) is 6.04 Å². The van der Waals surface area contributed by atoms with Crippen molar-refractivity contribution in [3.63, 3.8) is 0 Å². The Morgan fingerprint density at radius 3 is 2.73 bits per heavy atom. The van der Waals surface area contributed by atoms with Gasteiger partial charge in [-0.1, -0.05) is 19.3 Å². The lowest BCUT2D eigenvalue weighted by Gasteiger charge is -2.17. The molecule has 0 radical (unpaired) electrons. The molecule has 1 saturated carbocycles. The van der Waals surface area contributed by atoms with Crippen LogP contribution in [0.1, 0.15) is 38.5 Å². The van der Waals surface area contributed by atoms with Crippen LogP contribution in [0.3, 0.4) is 0 Å². The van der Waals surface area contributed by atoms with E-state index in [0.29, 0.717) is 12.3 Å². The summed E-state index contributed by atoms with van der Waals surface area (Å²) in [5, 5.41) is 8.52. The minimum Gasteiger partial charge on any atom is -0.327 e. The van der Waals surface area contributed by atoms with Crippen molar-refractivity contribution in [2.24, 2.45) is 11.7 Å². The van der Waals surface area contributed by atoms with E-state index in [1.165, 1.54) is 19.3 Å². The quantitative estimate of drug-likeness (QED) is 0.582. The fraction of sp³-hybridized carbons (Fsp3) is 0.889. The van der Waals surface area contributed by atoms with Gasteiger partial charge in [0.2, 0.25) is 0 Å². The SMILES string of the molecule is N#CC[C@H]1CCCCC[C@H]1N. The maximum Gasteiger partial charge on any atom is 0.0625 e. The van der Waals surface area contributed by atoms with E-state index in [-0.39, 0.29) is 6.04 Å². The molecule has 0 saturated heterocycles. The molecule has 2 N–H and O–H groups in total. The molecule has 1 aliphatic rings. The zero-order valence-corrected chi connectivity index (χ0v) is 6.92. The van der Waals surface area contributed by atoms with Gasteiger partial charge in [-0.25, -0.2) is 0 Å². The predicted molar refractivity (Wildman–Crippen MR) is 44.8 cm³/mol. The van der Waals surface area contributed by atoms with Crippen LogP contribution in [0.5, 0.6) is 0 Å². The van der Waals surface area contributed by atoms with Crippen molar-refractivity contribution in [2.75, 3.05) is 0 Å². The van der Waals surface area contributed by atoms with Crippen molar-refractivity contribution >= 4 is 0 Å². The molecule has 0 spiro atoms. The Hall–Kier alpha value is -0.550. The maximum atomic E-state index is 8.52. The summed E-state index contributed by atoms with van der Waals surface area (Å²) in [5.41, 5.74) is 5.91. The van der Waals surface area contributed by atoms with E-state index < -0.39 is 0 Å². The van der Waals surface area contributed by atoms with Gasteiger partial charge in [-0.2, -0.15) is 5.26 Å². The lowest BCUT2D eigenvalue weighted by atomic mass is 9.93. The van der Waals surface area contributed by atoms with Crippen molar-refractivity contribution < 1.29 is 0 Å². The fourth-order valence-corrected chi connectivity index (χ4v) is 1.78. The summed E-state index contributed by atoms with van der Waals surface area (Å²) in [6.07, 6.45) is 6.75. The van der Waals surface area contributed by atoms with Crippen molar-refractivity contribution in [1.29, 1.82) is 5.26 Å². The molecule has 11 heavy (non-hydrogen) atoms. The van der Waals surface area contributed by atoms with Gasteiger partial charge in [-0.05, 0) is 18.8 Å². The number of nitriles is 1. The molecule has 0 aromatic carbocycles. The molecule has 0 aromatic rings. The second kappa shape index (κ2) is 4.35. The Morgan fingerprint density at radius 2 is 2.00 bits per heavy atom. The average molecular weight is 152 g/mol. The van der Waals surface area contributed by atoms with E-state index in [0.717, 1.165) is 12.8 Å². The van der Waals surface area contributed by atoms with Crippen molar-refractivity contribution in [3.05, 3.63) is 0 Å². The van der Waals surface area contributed by atoms with Gasteiger partial charge < -0.3 is 5.73 Å². The number of rotatable bonds is 1. The number of hydrogen-bond acceptors (Lipinski definition) is 2. The molecule has 0 heterocycles. The Labute approximate surface area is 68.4 Å². The van der Waals surface area contributed by atoms with Crippen LogP contribution in [0.25, 0.3) is 0 Å². The summed E-state index contributed by atoms with van der Waals surface area (Å²) in [4.78, 5) is 0. The van der Waals surface area contributed by atoms with E-state index in [1.807, 2.05) is 0 Å². The average Bonchev–Trinajstić information content (AvgIpc) is 2.18. The lowest BCUT2D eigenvalue weighted by Crippen LogP contribution is -2.28. The van der Waals surface area contributed by atoms with Gasteiger partial charge in [0.05, 0.1) is 6.07 Å². The van der Waals surface area contributed by atoms with Gasteiger partial charge in [0, 0.05) is 12.5 Å². The lowest BCUT2D eigenvalue weighted by molar-refractivity contribution is 0.405. The second-order valence-corrected chi connectivity index (χ2v) is 3.42. The van der Waals surface area contributed by atoms with Crippen LogP contribution in [0, 0.1) is 17.2 Å². The number of nitrogens with zero attached hydrogens (tertiary/aromatic N) is 1. The predicted octanol–water partition coefficient (Wildman–Crippen LogP) is 1.81. The first kappa shape index (κ1) is 8.55. The zero-order valence-electron chi connectivity index (χ0n) is 6.92. The van der Waals surface area contributed by atoms with Crippen LogP contribution in [0.2, 0.25) is 0 Å². The minimum atomic E-state index is 0.289. The monoisotopic (exact) mass is 152 g/mol. The van der Waals surface area contributed by atoms with E-state index >= 15 is 0 Å². The Balaban J connectivity index is 2.40. The van der Waals surface area contributed by atoms with Crippen LogP contribution >= 0.6 is 0 Å². The molecule has 2 heteroatoms. The third-order valence-electron chi connectivity index (χ3n) is 2.57. The summed E-state index contributed by atoms with van der Waals surface area (Å²) in [6, 6.07) is 2.50. The maximum absolute atomic E-state index is 8.52. The number of nitrogens with two attached hydrogens (primary N) is 1. The summed E-state index contributed by atoms with van der Waals surface area (Å²) in [6.45, 7) is 0. The first-order valence-corrected chi connectivity index (χ1v) is 4.47. The molecule has 1 aliphatic carbocycles. The summed E-state index contributed by atoms with van der Waals surface area (Å²) >= 11 is 0. The summed E-state index contributed by atoms with van der Waals surface area (Å²) in [7, 11) is 0. The Morgan fingerprint density at radius 1 is 1.27 bits per heavy atom. The van der Waals surface area contributed by atoms with Gasteiger partial charge >= 0.3 is 0 Å². The third kappa shape index (κ3) is 2.51. The molecule has 0 bridgehead atoms. The molecular weight excluding hydrogens is 136 g/mol. The number of hydrogen-bond donors (Lipinski definition) is 1. The highest BCUT2D eigenvalue weighted by Crippen LogP contribution is 2.24. The van der Waals surface area contributed by atoms with Crippen LogP contribution in [0.4, 0.5) is 0 Å². The molecule has 0 aromatic heterocycles. The first-order chi connectivity index (χ1) is 5.34. The molecule has 0 amide bonds. The van der Waals surface area contributed by atoms with E-state index in [9.17, 15) is 0 Å². The Bertz CT molecular complexity index is 148. The van der Waals surface area contributed by atoms with Crippen molar-refractivity contribution in [1.82, 2.24) is 0 Å². The molecule has 1 fully saturated rings. The Kier molecular flexibility index (Phi) is 3.38. The summed E-state index contributed by atoms with van der Waals surface area (Å²) in [5.74, 6) is 0.475. The van der Waals surface area contributed by atoms with Crippen LogP contribution in [0.15, 0.2) is 0 Å². The van der Waals surface area contributed by atoms with Gasteiger partial charge in [-0.3, -0.25) is 0 Å². The second-order valence-electron chi connectivity index (χ2n) is 3.42. The molecule has 62 valence electrons. The van der Waals surface area contributed by atoms with E-state index in [2.05, 4.69) is 6.07 Å². The third-order valence-corrected chi connectivity index (χ3v) is 2.57. The summed E-state index contributed by atoms with van der Waals surface area (Å²) < 4.78 is 0. The highest BCUT2D eigenvalue weighted by Gasteiger charge is 2.19. The normalized spacial score (nSPS) is 32.4. The molecule has 0 unspecified atom stereocenters. The van der Waals surface area contributed by atoms with Gasteiger partial charge in [0.25, 0.3) is 0 Å². The largest absolute Gasteiger partial charge is 0.327 e. The molecule has 1 rings (SSSR count). The first-order valence-electron chi connectivity index (χ1n) is 4.47. The molecule has 2 nitrogen and oxygen atoms in total.